The Hall–Kier alpha value is -0.890. The Bertz CT molecular complexity index is 352. The van der Waals surface area contributed by atoms with Crippen LogP contribution in [-0.2, 0) is 12.8 Å². The van der Waals surface area contributed by atoms with Crippen molar-refractivity contribution in [1.82, 2.24) is 0 Å². The number of hydrogen-bond acceptors (Lipinski definition) is 2. The van der Waals surface area contributed by atoms with Gasteiger partial charge in [-0.3, -0.25) is 0 Å². The molecule has 2 nitrogen and oxygen atoms in total. The number of hydrogen-bond donors (Lipinski definition) is 0. The largest absolute Gasteiger partial charge is 0.169 e. The Kier molecular flexibility index (Phi) is 6.20. The van der Waals surface area contributed by atoms with Crippen LogP contribution in [0, 0.1) is 0 Å². The molecule has 0 aromatic heterocycles. The van der Waals surface area contributed by atoms with E-state index in [-0.39, 0.29) is 5.50 Å². The Balaban J connectivity index is 2.82. The molecule has 94 valence electrons. The van der Waals surface area contributed by atoms with Crippen LogP contribution in [0.2, 0.25) is 0 Å². The van der Waals surface area contributed by atoms with E-state index >= 15 is 0 Å². The number of benzene rings is 1. The standard InChI is InChI=1S/C14H21ClN2/c1-4-7-14(15)17-16-13-9-11(5-2)8-12(6-3)10-13/h8-10,14H,4-7H2,1-3H3. The van der Waals surface area contributed by atoms with Crippen LogP contribution in [-0.4, -0.2) is 5.50 Å². The highest BCUT2D eigenvalue weighted by Crippen LogP contribution is 2.20. The van der Waals surface area contributed by atoms with Gasteiger partial charge in [-0.25, -0.2) is 0 Å². The first-order chi connectivity index (χ1) is 8.19. The summed E-state index contributed by atoms with van der Waals surface area (Å²) < 4.78 is 0. The van der Waals surface area contributed by atoms with Crippen LogP contribution in [0.5, 0.6) is 0 Å². The fourth-order valence-electron chi connectivity index (χ4n) is 1.63. The third-order valence-corrected chi connectivity index (χ3v) is 2.98. The van der Waals surface area contributed by atoms with Gasteiger partial charge in [-0.2, -0.15) is 10.2 Å². The summed E-state index contributed by atoms with van der Waals surface area (Å²) in [6, 6.07) is 6.39. The lowest BCUT2D eigenvalue weighted by atomic mass is 10.1. The Morgan fingerprint density at radius 1 is 1.06 bits per heavy atom. The molecule has 0 N–H and O–H groups in total. The molecule has 0 radical (unpaired) electrons. The molecule has 1 atom stereocenters. The lowest BCUT2D eigenvalue weighted by Crippen LogP contribution is -1.90. The fraction of sp³-hybridized carbons (Fsp3) is 0.571. The molecule has 3 heteroatoms. The van der Waals surface area contributed by atoms with Crippen LogP contribution in [0.3, 0.4) is 0 Å². The summed E-state index contributed by atoms with van der Waals surface area (Å²) in [5.74, 6) is 0. The van der Waals surface area contributed by atoms with E-state index in [0.29, 0.717) is 0 Å². The van der Waals surface area contributed by atoms with Crippen molar-refractivity contribution >= 4 is 17.3 Å². The van der Waals surface area contributed by atoms with Crippen LogP contribution >= 0.6 is 11.6 Å². The number of aryl methyl sites for hydroxylation is 2. The minimum atomic E-state index is -0.199. The first-order valence-corrected chi connectivity index (χ1v) is 6.81. The van der Waals surface area contributed by atoms with Gasteiger partial charge in [0.05, 0.1) is 5.69 Å². The molecule has 1 aromatic carbocycles. The maximum Gasteiger partial charge on any atom is 0.144 e. The van der Waals surface area contributed by atoms with Crippen molar-refractivity contribution in [3.63, 3.8) is 0 Å². The molecule has 0 aliphatic carbocycles. The number of alkyl halides is 1. The maximum atomic E-state index is 6.02. The van der Waals surface area contributed by atoms with E-state index in [9.17, 15) is 0 Å². The summed E-state index contributed by atoms with van der Waals surface area (Å²) >= 11 is 6.02. The summed E-state index contributed by atoms with van der Waals surface area (Å²) in [4.78, 5) is 0. The van der Waals surface area contributed by atoms with Crippen LogP contribution in [0.25, 0.3) is 0 Å². The second-order valence-electron chi connectivity index (χ2n) is 4.15. The SMILES string of the molecule is CCCC(Cl)N=Nc1cc(CC)cc(CC)c1. The van der Waals surface area contributed by atoms with E-state index in [1.165, 1.54) is 11.1 Å². The monoisotopic (exact) mass is 252 g/mol. The predicted molar refractivity (Wildman–Crippen MR) is 74.3 cm³/mol. The van der Waals surface area contributed by atoms with Crippen LogP contribution in [0.15, 0.2) is 28.4 Å². The van der Waals surface area contributed by atoms with E-state index in [2.05, 4.69) is 49.2 Å². The van der Waals surface area contributed by atoms with Gasteiger partial charge >= 0.3 is 0 Å². The first kappa shape index (κ1) is 14.2. The average Bonchev–Trinajstić information content (AvgIpc) is 2.36. The van der Waals surface area contributed by atoms with E-state index in [1.54, 1.807) is 0 Å². The zero-order chi connectivity index (χ0) is 12.7. The van der Waals surface area contributed by atoms with E-state index in [4.69, 9.17) is 11.6 Å². The van der Waals surface area contributed by atoms with Crippen LogP contribution in [0.1, 0.15) is 44.7 Å². The van der Waals surface area contributed by atoms with Gasteiger partial charge in [0.15, 0.2) is 0 Å². The zero-order valence-corrected chi connectivity index (χ0v) is 11.7. The molecule has 0 bridgehead atoms. The maximum absolute atomic E-state index is 6.02. The molecule has 0 saturated carbocycles. The minimum Gasteiger partial charge on any atom is -0.169 e. The summed E-state index contributed by atoms with van der Waals surface area (Å²) in [5.41, 5.74) is 3.33. The average molecular weight is 253 g/mol. The fourth-order valence-corrected chi connectivity index (χ4v) is 1.90. The van der Waals surface area contributed by atoms with Crippen molar-refractivity contribution < 1.29 is 0 Å². The molecule has 0 spiro atoms. The third-order valence-electron chi connectivity index (χ3n) is 2.68. The molecule has 1 rings (SSSR count). The molecule has 0 amide bonds. The van der Waals surface area contributed by atoms with Gasteiger partial charge in [0.25, 0.3) is 0 Å². The molecule has 17 heavy (non-hydrogen) atoms. The lowest BCUT2D eigenvalue weighted by Gasteiger charge is -2.04. The Morgan fingerprint density at radius 2 is 1.65 bits per heavy atom. The molecule has 0 saturated heterocycles. The van der Waals surface area contributed by atoms with Gasteiger partial charge in [-0.05, 0) is 42.5 Å². The number of halogens is 1. The van der Waals surface area contributed by atoms with Crippen molar-refractivity contribution in [2.75, 3.05) is 0 Å². The summed E-state index contributed by atoms with van der Waals surface area (Å²) in [6.45, 7) is 6.39. The summed E-state index contributed by atoms with van der Waals surface area (Å²) in [7, 11) is 0. The van der Waals surface area contributed by atoms with Crippen molar-refractivity contribution in [3.8, 4) is 0 Å². The molecular formula is C14H21ClN2. The summed E-state index contributed by atoms with van der Waals surface area (Å²) in [6.07, 6.45) is 3.95. The second kappa shape index (κ2) is 7.44. The Labute approximate surface area is 109 Å². The van der Waals surface area contributed by atoms with Crippen molar-refractivity contribution in [1.29, 1.82) is 0 Å². The normalized spacial score (nSPS) is 13.2. The zero-order valence-electron chi connectivity index (χ0n) is 10.9. The summed E-state index contributed by atoms with van der Waals surface area (Å²) in [5, 5.41) is 8.36. The van der Waals surface area contributed by atoms with Gasteiger partial charge in [-0.15, -0.1) is 0 Å². The molecule has 1 unspecified atom stereocenters. The van der Waals surface area contributed by atoms with Crippen LogP contribution in [0.4, 0.5) is 5.69 Å². The minimum absolute atomic E-state index is 0.199. The molecule has 0 heterocycles. The highest BCUT2D eigenvalue weighted by atomic mass is 35.5. The van der Waals surface area contributed by atoms with Crippen molar-refractivity contribution in [2.45, 2.75) is 52.0 Å². The molecule has 0 aliphatic rings. The van der Waals surface area contributed by atoms with Gasteiger partial charge in [0.2, 0.25) is 0 Å². The topological polar surface area (TPSA) is 24.7 Å². The number of nitrogens with zero attached hydrogens (tertiary/aromatic N) is 2. The molecule has 0 aliphatic heterocycles. The predicted octanol–water partition coefficient (Wildman–Crippen LogP) is 5.26. The molecule has 1 aromatic rings. The molecule has 0 fully saturated rings. The first-order valence-electron chi connectivity index (χ1n) is 6.37. The lowest BCUT2D eigenvalue weighted by molar-refractivity contribution is 0.729. The molecular weight excluding hydrogens is 232 g/mol. The second-order valence-corrected chi connectivity index (χ2v) is 4.66. The quantitative estimate of drug-likeness (QED) is 0.375. The van der Waals surface area contributed by atoms with Crippen LogP contribution < -0.4 is 0 Å². The van der Waals surface area contributed by atoms with Gasteiger partial charge in [-0.1, -0.05) is 44.9 Å². The third kappa shape index (κ3) is 4.86. The van der Waals surface area contributed by atoms with E-state index in [1.807, 2.05) is 0 Å². The smallest absolute Gasteiger partial charge is 0.144 e. The highest BCUT2D eigenvalue weighted by molar-refractivity contribution is 6.20. The highest BCUT2D eigenvalue weighted by Gasteiger charge is 2.01. The van der Waals surface area contributed by atoms with Crippen molar-refractivity contribution in [3.05, 3.63) is 29.3 Å². The van der Waals surface area contributed by atoms with Gasteiger partial charge in [0.1, 0.15) is 5.50 Å². The van der Waals surface area contributed by atoms with Crippen molar-refractivity contribution in [2.24, 2.45) is 10.2 Å². The van der Waals surface area contributed by atoms with Gasteiger partial charge < -0.3 is 0 Å². The Morgan fingerprint density at radius 3 is 2.12 bits per heavy atom. The number of rotatable bonds is 6. The van der Waals surface area contributed by atoms with E-state index < -0.39 is 0 Å². The number of azo groups is 1. The van der Waals surface area contributed by atoms with E-state index in [0.717, 1.165) is 31.4 Å². The van der Waals surface area contributed by atoms with Gasteiger partial charge in [0, 0.05) is 0 Å².